The van der Waals surface area contributed by atoms with Crippen LogP contribution in [0.3, 0.4) is 0 Å². The number of carbonyl (C=O) groups excluding carboxylic acids is 2. The number of furan rings is 1. The number of carbonyl (C=O) groups is 2. The second-order valence-electron chi connectivity index (χ2n) is 8.15. The molecule has 2 aromatic carbocycles. The van der Waals surface area contributed by atoms with Gasteiger partial charge in [-0.3, -0.25) is 14.5 Å². The first-order valence-electron chi connectivity index (χ1n) is 10.9. The summed E-state index contributed by atoms with van der Waals surface area (Å²) in [6.45, 7) is 3.81. The Morgan fingerprint density at radius 2 is 1.79 bits per heavy atom. The maximum atomic E-state index is 13.5. The van der Waals surface area contributed by atoms with Gasteiger partial charge in [-0.15, -0.1) is 0 Å². The van der Waals surface area contributed by atoms with E-state index in [1.807, 2.05) is 18.2 Å². The minimum Gasteiger partial charge on any atom is -0.503 e. The van der Waals surface area contributed by atoms with E-state index in [2.05, 4.69) is 4.90 Å². The number of hydrogen-bond acceptors (Lipinski definition) is 6. The summed E-state index contributed by atoms with van der Waals surface area (Å²) in [7, 11) is 0. The van der Waals surface area contributed by atoms with Gasteiger partial charge in [-0.2, -0.15) is 0 Å². The normalized spacial score (nSPS) is 19.6. The van der Waals surface area contributed by atoms with Crippen LogP contribution in [-0.2, 0) is 9.53 Å². The molecular formula is C25H23ClN2O5. The Balaban J connectivity index is 1.50. The first-order valence-corrected chi connectivity index (χ1v) is 11.2. The number of Topliss-reactive ketones (excluding diaryl/α,β-unsaturated/α-hetero) is 1. The second kappa shape index (κ2) is 9.02. The van der Waals surface area contributed by atoms with Crippen LogP contribution in [-0.4, -0.2) is 66.0 Å². The Morgan fingerprint density at radius 1 is 1.06 bits per heavy atom. The molecule has 2 aliphatic heterocycles. The molecule has 0 bridgehead atoms. The molecule has 0 unspecified atom stereocenters. The van der Waals surface area contributed by atoms with Gasteiger partial charge in [0.15, 0.2) is 11.5 Å². The van der Waals surface area contributed by atoms with Gasteiger partial charge in [0.05, 0.1) is 24.8 Å². The molecule has 7 nitrogen and oxygen atoms in total. The molecule has 2 aliphatic rings. The van der Waals surface area contributed by atoms with Gasteiger partial charge < -0.3 is 19.2 Å². The SMILES string of the molecule is O=C(C1=C(O)C(=O)N(CCN2CCOCC2)[C@H]1c1ccc(Cl)cc1)c1cc2ccccc2o1. The van der Waals surface area contributed by atoms with Crippen molar-refractivity contribution >= 4 is 34.3 Å². The van der Waals surface area contributed by atoms with Crippen LogP contribution in [0.4, 0.5) is 0 Å². The van der Waals surface area contributed by atoms with Crippen LogP contribution < -0.4 is 0 Å². The van der Waals surface area contributed by atoms with Crippen LogP contribution in [0.1, 0.15) is 22.2 Å². The van der Waals surface area contributed by atoms with Crippen LogP contribution >= 0.6 is 11.6 Å². The minimum atomic E-state index is -0.739. The van der Waals surface area contributed by atoms with Gasteiger partial charge in [0.25, 0.3) is 5.91 Å². The summed E-state index contributed by atoms with van der Waals surface area (Å²) in [4.78, 5) is 30.4. The fourth-order valence-electron chi connectivity index (χ4n) is 4.41. The molecule has 33 heavy (non-hydrogen) atoms. The fourth-order valence-corrected chi connectivity index (χ4v) is 4.53. The van der Waals surface area contributed by atoms with Crippen molar-refractivity contribution in [1.82, 2.24) is 9.80 Å². The molecular weight excluding hydrogens is 444 g/mol. The number of rotatable bonds is 6. The standard InChI is InChI=1S/C25H23ClN2O5/c26-18-7-5-16(6-8-18)22-21(23(29)20-15-17-3-1-2-4-19(17)33-20)24(30)25(31)28(22)10-9-27-11-13-32-14-12-27/h1-8,15,22,30H,9-14H2/t22-/m0/s1. The number of hydrogen-bond donors (Lipinski definition) is 1. The number of ether oxygens (including phenoxy) is 1. The maximum Gasteiger partial charge on any atom is 0.290 e. The van der Waals surface area contributed by atoms with Crippen LogP contribution in [0.5, 0.6) is 0 Å². The number of halogens is 1. The lowest BCUT2D eigenvalue weighted by molar-refractivity contribution is -0.129. The van der Waals surface area contributed by atoms with Gasteiger partial charge in [-0.05, 0) is 29.8 Å². The highest BCUT2D eigenvalue weighted by Gasteiger charge is 2.44. The largest absolute Gasteiger partial charge is 0.503 e. The quantitative estimate of drug-likeness (QED) is 0.553. The minimum absolute atomic E-state index is 0.0170. The Bertz CT molecular complexity index is 1190. The van der Waals surface area contributed by atoms with Crippen molar-refractivity contribution in [3.05, 3.63) is 82.3 Å². The van der Waals surface area contributed by atoms with Crippen molar-refractivity contribution in [2.75, 3.05) is 39.4 Å². The van der Waals surface area contributed by atoms with E-state index in [9.17, 15) is 14.7 Å². The molecule has 1 N–H and O–H groups in total. The van der Waals surface area contributed by atoms with Crippen molar-refractivity contribution in [1.29, 1.82) is 0 Å². The average Bonchev–Trinajstić information content (AvgIpc) is 3.38. The lowest BCUT2D eigenvalue weighted by Crippen LogP contribution is -2.43. The summed E-state index contributed by atoms with van der Waals surface area (Å²) in [6, 6.07) is 15.1. The first-order chi connectivity index (χ1) is 16.0. The molecule has 5 rings (SSSR count). The van der Waals surface area contributed by atoms with E-state index in [4.69, 9.17) is 20.8 Å². The van der Waals surface area contributed by atoms with Crippen molar-refractivity contribution in [3.8, 4) is 0 Å². The van der Waals surface area contributed by atoms with E-state index in [1.165, 1.54) is 0 Å². The summed E-state index contributed by atoms with van der Waals surface area (Å²) >= 11 is 6.07. The lowest BCUT2D eigenvalue weighted by Gasteiger charge is -2.31. The Kier molecular flexibility index (Phi) is 5.93. The molecule has 1 aromatic heterocycles. The summed E-state index contributed by atoms with van der Waals surface area (Å²) in [5.41, 5.74) is 1.28. The number of morpholine rings is 1. The zero-order chi connectivity index (χ0) is 22.9. The smallest absolute Gasteiger partial charge is 0.290 e. The summed E-state index contributed by atoms with van der Waals surface area (Å²) in [6.07, 6.45) is 0. The van der Waals surface area contributed by atoms with Crippen LogP contribution in [0.2, 0.25) is 5.02 Å². The molecule has 1 atom stereocenters. The monoisotopic (exact) mass is 466 g/mol. The highest BCUT2D eigenvalue weighted by atomic mass is 35.5. The molecule has 8 heteroatoms. The number of ketones is 1. The third-order valence-corrected chi connectivity index (χ3v) is 6.40. The summed E-state index contributed by atoms with van der Waals surface area (Å²) in [5, 5.41) is 12.1. The van der Waals surface area contributed by atoms with Crippen molar-refractivity contribution < 1.29 is 23.8 Å². The predicted molar refractivity (Wildman–Crippen MR) is 123 cm³/mol. The van der Waals surface area contributed by atoms with Gasteiger partial charge in [0.1, 0.15) is 5.58 Å². The topological polar surface area (TPSA) is 83.2 Å². The Morgan fingerprint density at radius 3 is 2.52 bits per heavy atom. The number of amides is 1. The molecule has 1 amide bonds. The van der Waals surface area contributed by atoms with Gasteiger partial charge in [-0.25, -0.2) is 0 Å². The van der Waals surface area contributed by atoms with Gasteiger partial charge >= 0.3 is 0 Å². The predicted octanol–water partition coefficient (Wildman–Crippen LogP) is 4.00. The summed E-state index contributed by atoms with van der Waals surface area (Å²) < 4.78 is 11.1. The molecule has 0 radical (unpaired) electrons. The molecule has 1 fully saturated rings. The summed E-state index contributed by atoms with van der Waals surface area (Å²) in [5.74, 6) is -1.53. The number of nitrogens with zero attached hydrogens (tertiary/aromatic N) is 2. The molecule has 170 valence electrons. The zero-order valence-corrected chi connectivity index (χ0v) is 18.6. The van der Waals surface area contributed by atoms with E-state index < -0.39 is 23.5 Å². The van der Waals surface area contributed by atoms with Crippen molar-refractivity contribution in [2.24, 2.45) is 0 Å². The number of aliphatic hydroxyl groups excluding tert-OH is 1. The number of benzene rings is 2. The van der Waals surface area contributed by atoms with E-state index in [-0.39, 0.29) is 11.3 Å². The van der Waals surface area contributed by atoms with Gasteiger partial charge in [0.2, 0.25) is 5.78 Å². The van der Waals surface area contributed by atoms with Crippen LogP contribution in [0.25, 0.3) is 11.0 Å². The number of fused-ring (bicyclic) bond motifs is 1. The van der Waals surface area contributed by atoms with E-state index in [1.54, 1.807) is 41.3 Å². The zero-order valence-electron chi connectivity index (χ0n) is 17.9. The molecule has 1 saturated heterocycles. The molecule has 0 saturated carbocycles. The van der Waals surface area contributed by atoms with Crippen molar-refractivity contribution in [3.63, 3.8) is 0 Å². The van der Waals surface area contributed by atoms with Crippen molar-refractivity contribution in [2.45, 2.75) is 6.04 Å². The first kappa shape index (κ1) is 21.7. The number of aliphatic hydroxyl groups is 1. The fraction of sp³-hybridized carbons (Fsp3) is 0.280. The third kappa shape index (κ3) is 4.15. The average molecular weight is 467 g/mol. The molecule has 0 spiro atoms. The van der Waals surface area contributed by atoms with Crippen LogP contribution in [0.15, 0.2) is 70.3 Å². The molecule has 3 aromatic rings. The lowest BCUT2D eigenvalue weighted by atomic mass is 9.95. The van der Waals surface area contributed by atoms with E-state index >= 15 is 0 Å². The Labute approximate surface area is 195 Å². The van der Waals surface area contributed by atoms with E-state index in [0.29, 0.717) is 42.5 Å². The third-order valence-electron chi connectivity index (χ3n) is 6.14. The second-order valence-corrected chi connectivity index (χ2v) is 8.58. The highest BCUT2D eigenvalue weighted by Crippen LogP contribution is 2.39. The highest BCUT2D eigenvalue weighted by molar-refractivity contribution is 6.30. The van der Waals surface area contributed by atoms with E-state index in [0.717, 1.165) is 18.5 Å². The van der Waals surface area contributed by atoms with Gasteiger partial charge in [0, 0.05) is 36.6 Å². The van der Waals surface area contributed by atoms with Gasteiger partial charge in [-0.1, -0.05) is 41.9 Å². The number of para-hydroxylation sites is 1. The maximum absolute atomic E-state index is 13.5. The molecule has 3 heterocycles. The molecule has 0 aliphatic carbocycles. The van der Waals surface area contributed by atoms with Crippen LogP contribution in [0, 0.1) is 0 Å². The Hall–Kier alpha value is -3.13.